The Labute approximate surface area is 104 Å². The van der Waals surface area contributed by atoms with Crippen molar-refractivity contribution in [3.05, 3.63) is 35.6 Å². The Morgan fingerprint density at radius 3 is 2.78 bits per heavy atom. The van der Waals surface area contributed by atoms with Crippen molar-refractivity contribution in [3.8, 4) is 0 Å². The molecule has 5 heteroatoms. The number of halogens is 1. The number of carboxylic acid groups (broad SMARTS) is 1. The van der Waals surface area contributed by atoms with Crippen LogP contribution in [0.1, 0.15) is 30.7 Å². The smallest absolute Gasteiger partial charge is 0.326 e. The molecular weight excluding hydrogens is 237 g/mol. The van der Waals surface area contributed by atoms with Gasteiger partial charge in [-0.2, -0.15) is 0 Å². The molecule has 0 aliphatic carbocycles. The molecular formula is C13H14FNO3. The van der Waals surface area contributed by atoms with E-state index in [-0.39, 0.29) is 30.5 Å². The average molecular weight is 251 g/mol. The Morgan fingerprint density at radius 2 is 2.11 bits per heavy atom. The van der Waals surface area contributed by atoms with E-state index in [2.05, 4.69) is 5.32 Å². The van der Waals surface area contributed by atoms with Gasteiger partial charge >= 0.3 is 5.97 Å². The number of benzene rings is 1. The lowest BCUT2D eigenvalue weighted by Gasteiger charge is -2.17. The van der Waals surface area contributed by atoms with Crippen molar-refractivity contribution in [2.45, 2.75) is 31.2 Å². The number of hydrogen-bond donors (Lipinski definition) is 2. The summed E-state index contributed by atoms with van der Waals surface area (Å²) in [6, 6.07) is 5.37. The van der Waals surface area contributed by atoms with Gasteiger partial charge in [0.15, 0.2) is 0 Å². The largest absolute Gasteiger partial charge is 0.480 e. The summed E-state index contributed by atoms with van der Waals surface area (Å²) in [6.07, 6.45) is 0.918. The standard InChI is InChI=1S/C13H14FNO3/c14-10-4-2-1-3-9(10)8-5-6-12(16)15-11(7-8)13(17)18/h1-4,8,11H,5-7H2,(H,15,16)(H,17,18). The van der Waals surface area contributed by atoms with Crippen LogP contribution in [-0.4, -0.2) is 23.0 Å². The maximum absolute atomic E-state index is 13.7. The lowest BCUT2D eigenvalue weighted by Crippen LogP contribution is -2.39. The molecule has 1 saturated heterocycles. The van der Waals surface area contributed by atoms with E-state index in [4.69, 9.17) is 5.11 Å². The van der Waals surface area contributed by atoms with Gasteiger partial charge in [-0.25, -0.2) is 9.18 Å². The van der Waals surface area contributed by atoms with E-state index in [1.807, 2.05) is 0 Å². The van der Waals surface area contributed by atoms with Crippen LogP contribution in [0, 0.1) is 5.82 Å². The molecule has 2 rings (SSSR count). The first-order chi connectivity index (χ1) is 8.58. The first kappa shape index (κ1) is 12.5. The summed E-state index contributed by atoms with van der Waals surface area (Å²) in [5.41, 5.74) is 0.486. The molecule has 96 valence electrons. The Kier molecular flexibility index (Phi) is 3.60. The summed E-state index contributed by atoms with van der Waals surface area (Å²) < 4.78 is 13.7. The Bertz CT molecular complexity index is 475. The van der Waals surface area contributed by atoms with Crippen LogP contribution in [0.3, 0.4) is 0 Å². The highest BCUT2D eigenvalue weighted by Crippen LogP contribution is 2.30. The van der Waals surface area contributed by atoms with Gasteiger partial charge in [-0.15, -0.1) is 0 Å². The molecule has 18 heavy (non-hydrogen) atoms. The highest BCUT2D eigenvalue weighted by Gasteiger charge is 2.30. The predicted molar refractivity (Wildman–Crippen MR) is 62.6 cm³/mol. The van der Waals surface area contributed by atoms with Crippen LogP contribution in [-0.2, 0) is 9.59 Å². The molecule has 0 aromatic heterocycles. The van der Waals surface area contributed by atoms with Crippen molar-refractivity contribution in [2.24, 2.45) is 0 Å². The number of carboxylic acids is 1. The summed E-state index contributed by atoms with van der Waals surface area (Å²) in [5, 5.41) is 11.4. The zero-order chi connectivity index (χ0) is 13.1. The third-order valence-corrected chi connectivity index (χ3v) is 3.22. The van der Waals surface area contributed by atoms with Crippen LogP contribution >= 0.6 is 0 Å². The topological polar surface area (TPSA) is 66.4 Å². The van der Waals surface area contributed by atoms with Gasteiger partial charge < -0.3 is 10.4 Å². The van der Waals surface area contributed by atoms with E-state index in [9.17, 15) is 14.0 Å². The molecule has 0 spiro atoms. The minimum absolute atomic E-state index is 0.224. The monoisotopic (exact) mass is 251 g/mol. The molecule has 1 fully saturated rings. The number of carbonyl (C=O) groups excluding carboxylic acids is 1. The van der Waals surface area contributed by atoms with Gasteiger partial charge in [0.2, 0.25) is 5.91 Å². The van der Waals surface area contributed by atoms with Crippen LogP contribution in [0.2, 0.25) is 0 Å². The summed E-state index contributed by atoms with van der Waals surface area (Å²) in [4.78, 5) is 22.4. The Morgan fingerprint density at radius 1 is 1.39 bits per heavy atom. The third kappa shape index (κ3) is 2.67. The molecule has 1 aromatic rings. The maximum Gasteiger partial charge on any atom is 0.326 e. The second kappa shape index (κ2) is 5.16. The number of hydrogen-bond acceptors (Lipinski definition) is 2. The predicted octanol–water partition coefficient (Wildman–Crippen LogP) is 1.66. The van der Waals surface area contributed by atoms with E-state index in [0.29, 0.717) is 12.0 Å². The molecule has 2 unspecified atom stereocenters. The van der Waals surface area contributed by atoms with E-state index in [0.717, 1.165) is 0 Å². The molecule has 1 aliphatic heterocycles. The normalized spacial score (nSPS) is 24.2. The quantitative estimate of drug-likeness (QED) is 0.840. The van der Waals surface area contributed by atoms with Crippen molar-refractivity contribution in [2.75, 3.05) is 0 Å². The van der Waals surface area contributed by atoms with E-state index in [1.54, 1.807) is 18.2 Å². The van der Waals surface area contributed by atoms with Gasteiger partial charge in [-0.1, -0.05) is 18.2 Å². The van der Waals surface area contributed by atoms with Crippen LogP contribution in [0.5, 0.6) is 0 Å². The molecule has 0 bridgehead atoms. The highest BCUT2D eigenvalue weighted by atomic mass is 19.1. The summed E-state index contributed by atoms with van der Waals surface area (Å²) >= 11 is 0. The van der Waals surface area contributed by atoms with Crippen molar-refractivity contribution in [1.82, 2.24) is 5.32 Å². The van der Waals surface area contributed by atoms with E-state index < -0.39 is 12.0 Å². The molecule has 1 amide bonds. The molecule has 1 heterocycles. The van der Waals surface area contributed by atoms with Crippen LogP contribution in [0.25, 0.3) is 0 Å². The van der Waals surface area contributed by atoms with Gasteiger partial charge in [0.05, 0.1) is 0 Å². The minimum Gasteiger partial charge on any atom is -0.480 e. The van der Waals surface area contributed by atoms with Gasteiger partial charge in [0.1, 0.15) is 11.9 Å². The first-order valence-corrected chi connectivity index (χ1v) is 5.84. The molecule has 0 radical (unpaired) electrons. The molecule has 2 N–H and O–H groups in total. The van der Waals surface area contributed by atoms with Gasteiger partial charge in [-0.05, 0) is 30.4 Å². The Balaban J connectivity index is 2.25. The Hall–Kier alpha value is -1.91. The lowest BCUT2D eigenvalue weighted by atomic mass is 9.89. The van der Waals surface area contributed by atoms with Crippen LogP contribution in [0.15, 0.2) is 24.3 Å². The first-order valence-electron chi connectivity index (χ1n) is 5.84. The van der Waals surface area contributed by atoms with E-state index >= 15 is 0 Å². The number of carbonyl (C=O) groups is 2. The van der Waals surface area contributed by atoms with Crippen LogP contribution in [0.4, 0.5) is 4.39 Å². The summed E-state index contributed by atoms with van der Waals surface area (Å²) in [6.45, 7) is 0. The van der Waals surface area contributed by atoms with E-state index in [1.165, 1.54) is 6.07 Å². The second-order valence-corrected chi connectivity index (χ2v) is 4.45. The summed E-state index contributed by atoms with van der Waals surface area (Å²) in [7, 11) is 0. The number of nitrogens with one attached hydrogen (secondary N) is 1. The minimum atomic E-state index is -1.08. The molecule has 0 saturated carbocycles. The second-order valence-electron chi connectivity index (χ2n) is 4.45. The number of aliphatic carboxylic acids is 1. The SMILES string of the molecule is O=C1CCC(c2ccccc2F)CC(C(=O)O)N1. The van der Waals surface area contributed by atoms with Crippen molar-refractivity contribution in [3.63, 3.8) is 0 Å². The lowest BCUT2D eigenvalue weighted by molar-refractivity contribution is -0.141. The van der Waals surface area contributed by atoms with Crippen LogP contribution < -0.4 is 5.32 Å². The fourth-order valence-corrected chi connectivity index (χ4v) is 2.28. The zero-order valence-electron chi connectivity index (χ0n) is 9.73. The number of rotatable bonds is 2. The van der Waals surface area contributed by atoms with Crippen molar-refractivity contribution < 1.29 is 19.1 Å². The summed E-state index contributed by atoms with van der Waals surface area (Å²) in [5.74, 6) is -1.96. The van der Waals surface area contributed by atoms with Gasteiger partial charge in [-0.3, -0.25) is 4.79 Å². The molecule has 1 aromatic carbocycles. The zero-order valence-corrected chi connectivity index (χ0v) is 9.73. The molecule has 1 aliphatic rings. The fraction of sp³-hybridized carbons (Fsp3) is 0.385. The molecule has 4 nitrogen and oxygen atoms in total. The van der Waals surface area contributed by atoms with Crippen molar-refractivity contribution in [1.29, 1.82) is 0 Å². The number of amides is 1. The maximum atomic E-state index is 13.7. The van der Waals surface area contributed by atoms with Gasteiger partial charge in [0.25, 0.3) is 0 Å². The van der Waals surface area contributed by atoms with Crippen molar-refractivity contribution >= 4 is 11.9 Å². The average Bonchev–Trinajstić information content (AvgIpc) is 2.52. The fourth-order valence-electron chi connectivity index (χ4n) is 2.28. The third-order valence-electron chi connectivity index (χ3n) is 3.22. The van der Waals surface area contributed by atoms with Gasteiger partial charge in [0, 0.05) is 6.42 Å². The highest BCUT2D eigenvalue weighted by molar-refractivity contribution is 5.84. The molecule has 2 atom stereocenters.